The lowest BCUT2D eigenvalue weighted by Crippen LogP contribution is -1.88. The Balaban J connectivity index is 2.60. The quantitative estimate of drug-likeness (QED) is 0.458. The number of para-hydroxylation sites is 1. The molecule has 3 nitrogen and oxygen atoms in total. The second kappa shape index (κ2) is 4.49. The first-order valence-electron chi connectivity index (χ1n) is 4.88. The molecule has 2 aromatic rings. The third-order valence-electron chi connectivity index (χ3n) is 2.35. The summed E-state index contributed by atoms with van der Waals surface area (Å²) < 4.78 is 0. The van der Waals surface area contributed by atoms with Crippen molar-refractivity contribution in [3.05, 3.63) is 54.1 Å². The van der Waals surface area contributed by atoms with Gasteiger partial charge in [0.15, 0.2) is 0 Å². The molecule has 2 rings (SSSR count). The van der Waals surface area contributed by atoms with Crippen molar-refractivity contribution < 1.29 is 10.3 Å². The van der Waals surface area contributed by atoms with Crippen LogP contribution in [0.25, 0.3) is 11.1 Å². The zero-order chi connectivity index (χ0) is 11.4. The second-order valence-corrected chi connectivity index (χ2v) is 3.35. The van der Waals surface area contributed by atoms with E-state index >= 15 is 0 Å². The van der Waals surface area contributed by atoms with E-state index in [1.807, 2.05) is 36.4 Å². The van der Waals surface area contributed by atoms with Crippen molar-refractivity contribution in [2.75, 3.05) is 0 Å². The lowest BCUT2D eigenvalue weighted by molar-refractivity contribution is 0.322. The van der Waals surface area contributed by atoms with Gasteiger partial charge in [0.2, 0.25) is 0 Å². The van der Waals surface area contributed by atoms with E-state index in [-0.39, 0.29) is 5.75 Å². The summed E-state index contributed by atoms with van der Waals surface area (Å²) in [5.41, 5.74) is 2.31. The van der Waals surface area contributed by atoms with Gasteiger partial charge in [-0.3, -0.25) is 0 Å². The zero-order valence-electron chi connectivity index (χ0n) is 8.54. The number of hydrogen-bond donors (Lipinski definition) is 2. The molecule has 80 valence electrons. The predicted molar refractivity (Wildman–Crippen MR) is 62.9 cm³/mol. The van der Waals surface area contributed by atoms with Crippen molar-refractivity contribution in [1.82, 2.24) is 0 Å². The monoisotopic (exact) mass is 213 g/mol. The van der Waals surface area contributed by atoms with Gasteiger partial charge in [0.25, 0.3) is 0 Å². The van der Waals surface area contributed by atoms with Gasteiger partial charge >= 0.3 is 0 Å². The molecule has 0 fully saturated rings. The molecular formula is C13H11NO2. The molecule has 2 N–H and O–H groups in total. The number of phenolic OH excluding ortho intramolecular Hbond substituents is 1. The third-order valence-corrected chi connectivity index (χ3v) is 2.35. The number of hydrogen-bond acceptors (Lipinski definition) is 3. The fraction of sp³-hybridized carbons (Fsp3) is 0. The van der Waals surface area contributed by atoms with Gasteiger partial charge in [0.05, 0.1) is 6.21 Å². The second-order valence-electron chi connectivity index (χ2n) is 3.35. The molecule has 0 aromatic heterocycles. The van der Waals surface area contributed by atoms with Crippen LogP contribution in [0.4, 0.5) is 0 Å². The Hall–Kier alpha value is -2.29. The van der Waals surface area contributed by atoms with Crippen LogP contribution in [0.15, 0.2) is 53.7 Å². The smallest absolute Gasteiger partial charge is 0.123 e. The normalized spacial score (nSPS) is 10.8. The highest BCUT2D eigenvalue weighted by molar-refractivity contribution is 5.91. The SMILES string of the molecule is ON=Cc1ccccc1-c1ccccc1O. The first-order valence-corrected chi connectivity index (χ1v) is 4.88. The molecule has 0 bridgehead atoms. The summed E-state index contributed by atoms with van der Waals surface area (Å²) in [7, 11) is 0. The Morgan fingerprint density at radius 3 is 2.19 bits per heavy atom. The van der Waals surface area contributed by atoms with E-state index in [0.717, 1.165) is 16.7 Å². The third kappa shape index (κ3) is 1.88. The molecule has 2 aromatic carbocycles. The summed E-state index contributed by atoms with van der Waals surface area (Å²) in [4.78, 5) is 0. The summed E-state index contributed by atoms with van der Waals surface area (Å²) in [6, 6.07) is 14.5. The topological polar surface area (TPSA) is 52.8 Å². The van der Waals surface area contributed by atoms with Crippen LogP contribution in [0.3, 0.4) is 0 Å². The maximum atomic E-state index is 9.75. The highest BCUT2D eigenvalue weighted by atomic mass is 16.4. The molecule has 0 spiro atoms. The van der Waals surface area contributed by atoms with E-state index in [4.69, 9.17) is 5.21 Å². The molecule has 0 aliphatic rings. The van der Waals surface area contributed by atoms with E-state index in [1.165, 1.54) is 6.21 Å². The summed E-state index contributed by atoms with van der Waals surface area (Å²) >= 11 is 0. The molecule has 0 aliphatic heterocycles. The number of nitrogens with zero attached hydrogens (tertiary/aromatic N) is 1. The van der Waals surface area contributed by atoms with Gasteiger partial charge in [0, 0.05) is 11.1 Å². The zero-order valence-corrected chi connectivity index (χ0v) is 8.54. The van der Waals surface area contributed by atoms with Gasteiger partial charge in [0.1, 0.15) is 5.75 Å². The van der Waals surface area contributed by atoms with E-state index in [1.54, 1.807) is 12.1 Å². The van der Waals surface area contributed by atoms with Crippen LogP contribution in [-0.2, 0) is 0 Å². The van der Waals surface area contributed by atoms with Gasteiger partial charge < -0.3 is 10.3 Å². The lowest BCUT2D eigenvalue weighted by atomic mass is 9.99. The van der Waals surface area contributed by atoms with Crippen LogP contribution in [0.2, 0.25) is 0 Å². The molecule has 0 atom stereocenters. The molecule has 16 heavy (non-hydrogen) atoms. The number of rotatable bonds is 2. The number of phenols is 1. The summed E-state index contributed by atoms with van der Waals surface area (Å²) in [6.07, 6.45) is 1.35. The lowest BCUT2D eigenvalue weighted by Gasteiger charge is -2.07. The average Bonchev–Trinajstić information content (AvgIpc) is 2.31. The largest absolute Gasteiger partial charge is 0.507 e. The van der Waals surface area contributed by atoms with Gasteiger partial charge in [-0.1, -0.05) is 47.6 Å². The highest BCUT2D eigenvalue weighted by Crippen LogP contribution is 2.30. The molecular weight excluding hydrogens is 202 g/mol. The van der Waals surface area contributed by atoms with Crippen LogP contribution < -0.4 is 0 Å². The first-order chi connectivity index (χ1) is 7.83. The van der Waals surface area contributed by atoms with Gasteiger partial charge in [-0.25, -0.2) is 0 Å². The molecule has 0 heterocycles. The molecule has 0 radical (unpaired) electrons. The summed E-state index contributed by atoms with van der Waals surface area (Å²) in [5, 5.41) is 21.3. The molecule has 0 saturated carbocycles. The van der Waals surface area contributed by atoms with E-state index in [2.05, 4.69) is 5.16 Å². The van der Waals surface area contributed by atoms with Gasteiger partial charge in [-0.05, 0) is 11.6 Å². The standard InChI is InChI=1S/C13H11NO2/c15-13-8-4-3-7-12(13)11-6-2-1-5-10(11)9-14-16/h1-9,15-16H. The average molecular weight is 213 g/mol. The number of aromatic hydroxyl groups is 1. The summed E-state index contributed by atoms with van der Waals surface area (Å²) in [5.74, 6) is 0.210. The maximum absolute atomic E-state index is 9.75. The number of benzene rings is 2. The predicted octanol–water partition coefficient (Wildman–Crippen LogP) is 2.87. The van der Waals surface area contributed by atoms with E-state index < -0.39 is 0 Å². The van der Waals surface area contributed by atoms with Crippen LogP contribution in [0, 0.1) is 0 Å². The van der Waals surface area contributed by atoms with Gasteiger partial charge in [-0.15, -0.1) is 0 Å². The Bertz CT molecular complexity index is 521. The Labute approximate surface area is 93.3 Å². The molecule has 0 saturated heterocycles. The first kappa shape index (κ1) is 10.2. The minimum absolute atomic E-state index is 0.210. The highest BCUT2D eigenvalue weighted by Gasteiger charge is 2.06. The fourth-order valence-electron chi connectivity index (χ4n) is 1.62. The van der Waals surface area contributed by atoms with Gasteiger partial charge in [-0.2, -0.15) is 0 Å². The van der Waals surface area contributed by atoms with E-state index in [9.17, 15) is 5.11 Å². The van der Waals surface area contributed by atoms with Crippen LogP contribution in [-0.4, -0.2) is 16.5 Å². The number of oxime groups is 1. The van der Waals surface area contributed by atoms with Crippen molar-refractivity contribution in [1.29, 1.82) is 0 Å². The summed E-state index contributed by atoms with van der Waals surface area (Å²) in [6.45, 7) is 0. The Kier molecular flexibility index (Phi) is 2.87. The molecule has 0 aliphatic carbocycles. The molecule has 3 heteroatoms. The van der Waals surface area contributed by atoms with Crippen molar-refractivity contribution in [3.63, 3.8) is 0 Å². The van der Waals surface area contributed by atoms with E-state index in [0.29, 0.717) is 0 Å². The van der Waals surface area contributed by atoms with Crippen LogP contribution in [0.5, 0.6) is 5.75 Å². The fourth-order valence-corrected chi connectivity index (χ4v) is 1.62. The van der Waals surface area contributed by atoms with Crippen LogP contribution in [0.1, 0.15) is 5.56 Å². The van der Waals surface area contributed by atoms with Crippen molar-refractivity contribution in [2.24, 2.45) is 5.16 Å². The van der Waals surface area contributed by atoms with Crippen LogP contribution >= 0.6 is 0 Å². The Morgan fingerprint density at radius 2 is 1.50 bits per heavy atom. The molecule has 0 unspecified atom stereocenters. The van der Waals surface area contributed by atoms with Crippen molar-refractivity contribution >= 4 is 6.21 Å². The van der Waals surface area contributed by atoms with Crippen molar-refractivity contribution in [3.8, 4) is 16.9 Å². The van der Waals surface area contributed by atoms with Crippen molar-refractivity contribution in [2.45, 2.75) is 0 Å². The Morgan fingerprint density at radius 1 is 0.875 bits per heavy atom. The molecule has 0 amide bonds. The minimum Gasteiger partial charge on any atom is -0.507 e. The maximum Gasteiger partial charge on any atom is 0.123 e. The minimum atomic E-state index is 0.210.